The molecule has 0 radical (unpaired) electrons. The zero-order valence-corrected chi connectivity index (χ0v) is 51.3. The maximum absolute atomic E-state index is 12.3. The van der Waals surface area contributed by atoms with Crippen LogP contribution in [0.4, 0.5) is 11.4 Å². The number of rotatable bonds is 45. The summed E-state index contributed by atoms with van der Waals surface area (Å²) in [5, 5.41) is 9.96. The van der Waals surface area contributed by atoms with Crippen molar-refractivity contribution >= 4 is 44.8 Å². The van der Waals surface area contributed by atoms with Crippen molar-refractivity contribution in [3.05, 3.63) is 99.3 Å². The molecule has 0 spiro atoms. The molecule has 1 aliphatic carbocycles. The van der Waals surface area contributed by atoms with Crippen LogP contribution in [0.2, 0.25) is 0 Å². The molecule has 0 saturated heterocycles. The van der Waals surface area contributed by atoms with Gasteiger partial charge in [0.25, 0.3) is 10.1 Å². The largest absolute Gasteiger partial charge is 0.481 e. The summed E-state index contributed by atoms with van der Waals surface area (Å²) in [5.41, 5.74) is 8.83. The van der Waals surface area contributed by atoms with E-state index in [1.807, 2.05) is 0 Å². The molecule has 18 nitrogen and oxygen atoms in total. The van der Waals surface area contributed by atoms with Crippen molar-refractivity contribution in [1.29, 1.82) is 0 Å². The van der Waals surface area contributed by atoms with E-state index in [-0.39, 0.29) is 16.7 Å². The van der Waals surface area contributed by atoms with E-state index in [1.165, 1.54) is 28.6 Å². The molecular formula is C62H94ClN2O16S+. The highest BCUT2D eigenvalue weighted by Gasteiger charge is 2.45. The molecule has 460 valence electrons. The zero-order valence-electron chi connectivity index (χ0n) is 49.7. The third-order valence-electron chi connectivity index (χ3n) is 14.7. The Morgan fingerprint density at radius 3 is 1.70 bits per heavy atom. The zero-order chi connectivity index (χ0) is 59.1. The lowest BCUT2D eigenvalue weighted by Gasteiger charge is -2.30. The van der Waals surface area contributed by atoms with E-state index in [0.717, 1.165) is 84.6 Å². The van der Waals surface area contributed by atoms with Crippen molar-refractivity contribution < 1.29 is 79.6 Å². The van der Waals surface area contributed by atoms with Gasteiger partial charge in [0.05, 0.1) is 142 Å². The van der Waals surface area contributed by atoms with Crippen LogP contribution in [0.25, 0.3) is 0 Å². The van der Waals surface area contributed by atoms with Gasteiger partial charge in [-0.2, -0.15) is 13.0 Å². The molecule has 2 heterocycles. The van der Waals surface area contributed by atoms with Gasteiger partial charge in [0.2, 0.25) is 5.69 Å². The fraction of sp³-hybridized carbons (Fsp3) is 0.645. The Hall–Kier alpha value is -3.90. The van der Waals surface area contributed by atoms with Crippen molar-refractivity contribution in [1.82, 2.24) is 0 Å². The van der Waals surface area contributed by atoms with Gasteiger partial charge < -0.3 is 62.1 Å². The number of hydrogen-bond donors (Lipinski definition) is 2. The number of ether oxygens (including phenoxy) is 11. The molecule has 5 rings (SSSR count). The first-order chi connectivity index (χ1) is 39.6. The topological polar surface area (TPSA) is 199 Å². The standard InChI is InChI=1S/C62H93ClN2O16S/c1-7-23-62(5)54-47-49(2)15-19-56(54)64(24-10-8-9-14-59(66)67)58(62)22-17-51-13-11-12-50(60(51)63)16-21-57-61(3,4)53-48-52(82(68,69)70)18-20-55(53)65(57)25-26-72-29-30-74-33-34-76-37-38-78-41-42-80-45-46-81-44-43-79-40-39-77-36-35-75-32-31-73-28-27-71-6/h15-22,47-48H,7-14,23-46H2,1-6H3,(H-,66,67,68,69,70)/p+1. The number of nitrogens with zero attached hydrogens (tertiary/aromatic N) is 2. The minimum Gasteiger partial charge on any atom is -0.481 e. The Labute approximate surface area is 493 Å². The molecule has 3 aliphatic rings. The lowest BCUT2D eigenvalue weighted by atomic mass is 9.77. The minimum atomic E-state index is -4.43. The first kappa shape index (κ1) is 68.9. The first-order valence-corrected chi connectivity index (χ1v) is 31.1. The molecule has 0 fully saturated rings. The van der Waals surface area contributed by atoms with Gasteiger partial charge in [-0.1, -0.05) is 61.2 Å². The number of carboxylic acid groups (broad SMARTS) is 1. The third kappa shape index (κ3) is 22.5. The Balaban J connectivity index is 1.03. The number of unbranched alkanes of at least 4 members (excludes halogenated alkanes) is 2. The maximum Gasteiger partial charge on any atom is 0.303 e. The third-order valence-corrected chi connectivity index (χ3v) is 16.0. The van der Waals surface area contributed by atoms with E-state index in [4.69, 9.17) is 63.7 Å². The van der Waals surface area contributed by atoms with Crippen LogP contribution >= 0.6 is 11.6 Å². The van der Waals surface area contributed by atoms with Gasteiger partial charge in [-0.25, -0.2) is 0 Å². The number of methoxy groups -OCH3 is 1. The Bertz CT molecular complexity index is 2530. The predicted octanol–water partition coefficient (Wildman–Crippen LogP) is 9.70. The summed E-state index contributed by atoms with van der Waals surface area (Å²) >= 11 is 7.35. The summed E-state index contributed by atoms with van der Waals surface area (Å²) in [6, 6.07) is 11.5. The second-order valence-corrected chi connectivity index (χ2v) is 23.0. The summed E-state index contributed by atoms with van der Waals surface area (Å²) in [5.74, 6) is -0.758. The molecule has 2 aromatic rings. The van der Waals surface area contributed by atoms with Crippen molar-refractivity contribution in [3.63, 3.8) is 0 Å². The second kappa shape index (κ2) is 37.5. The number of halogens is 1. The highest BCUT2D eigenvalue weighted by molar-refractivity contribution is 7.85. The lowest BCUT2D eigenvalue weighted by Crippen LogP contribution is -2.29. The normalized spacial score (nSPS) is 18.1. The average molecular weight is 1190 g/mol. The van der Waals surface area contributed by atoms with Gasteiger partial charge in [-0.05, 0) is 107 Å². The van der Waals surface area contributed by atoms with Gasteiger partial charge in [0, 0.05) is 59.6 Å². The van der Waals surface area contributed by atoms with E-state index < -0.39 is 21.5 Å². The number of hydrogen-bond acceptors (Lipinski definition) is 15. The molecule has 0 aromatic heterocycles. The van der Waals surface area contributed by atoms with Crippen LogP contribution in [0.15, 0.2) is 87.5 Å². The smallest absolute Gasteiger partial charge is 0.303 e. The highest BCUT2D eigenvalue weighted by Crippen LogP contribution is 2.51. The van der Waals surface area contributed by atoms with Crippen molar-refractivity contribution in [3.8, 4) is 0 Å². The molecule has 2 aliphatic heterocycles. The number of aliphatic carboxylic acids is 1. The van der Waals surface area contributed by atoms with Gasteiger partial charge in [0.1, 0.15) is 6.61 Å². The van der Waals surface area contributed by atoms with E-state index in [1.54, 1.807) is 19.2 Å². The molecular weight excluding hydrogens is 1100 g/mol. The van der Waals surface area contributed by atoms with Gasteiger partial charge >= 0.3 is 5.97 Å². The molecule has 0 amide bonds. The maximum atomic E-state index is 12.3. The Kier molecular flexibility index (Phi) is 31.5. The fourth-order valence-electron chi connectivity index (χ4n) is 10.4. The van der Waals surface area contributed by atoms with E-state index in [9.17, 15) is 22.9 Å². The number of carboxylic acids is 1. The van der Waals surface area contributed by atoms with E-state index in [2.05, 4.69) is 86.6 Å². The van der Waals surface area contributed by atoms with Crippen LogP contribution in [0, 0.1) is 6.92 Å². The monoisotopic (exact) mass is 1190 g/mol. The summed E-state index contributed by atoms with van der Waals surface area (Å²) in [7, 11) is -2.79. The molecule has 1 unspecified atom stereocenters. The molecule has 0 bridgehead atoms. The van der Waals surface area contributed by atoms with Crippen molar-refractivity contribution in [2.24, 2.45) is 0 Å². The SMILES string of the molecule is CCCC1(C)C(=CC=C2CCCC(C=CC3=[N+](CCOCCOCCOCCOCCOCCOCCOCCOCCOCCOCCOC)c4ccc(S(=O)(=O)O)cc4C3(C)C)=C2Cl)N(CCCCCC(=O)O)c2ccc(C)cc21. The number of allylic oxidation sites excluding steroid dienone is 8. The molecule has 2 N–H and O–H groups in total. The summed E-state index contributed by atoms with van der Waals surface area (Å²) in [6.45, 7) is 22.0. The first-order valence-electron chi connectivity index (χ1n) is 29.3. The lowest BCUT2D eigenvalue weighted by molar-refractivity contribution is -0.442. The van der Waals surface area contributed by atoms with E-state index in [0.29, 0.717) is 152 Å². The Morgan fingerprint density at radius 1 is 0.671 bits per heavy atom. The number of carbonyl (C=O) groups is 1. The van der Waals surface area contributed by atoms with Gasteiger partial charge in [-0.3, -0.25) is 9.35 Å². The summed E-state index contributed by atoms with van der Waals surface area (Å²) < 4.78 is 97.7. The highest BCUT2D eigenvalue weighted by atomic mass is 35.5. The number of benzene rings is 2. The second-order valence-electron chi connectivity index (χ2n) is 21.2. The van der Waals surface area contributed by atoms with Gasteiger partial charge in [0.15, 0.2) is 12.3 Å². The van der Waals surface area contributed by atoms with Crippen LogP contribution in [0.1, 0.15) is 102 Å². The number of anilines is 1. The number of fused-ring (bicyclic) bond motifs is 2. The van der Waals surface area contributed by atoms with Crippen LogP contribution < -0.4 is 4.90 Å². The quantitative estimate of drug-likeness (QED) is 0.0360. The minimum absolute atomic E-state index is 0.154. The number of aryl methyl sites for hydroxylation is 1. The van der Waals surface area contributed by atoms with Crippen molar-refractivity contribution in [2.45, 2.75) is 108 Å². The fourth-order valence-corrected chi connectivity index (χ4v) is 11.2. The average Bonchev–Trinajstić information content (AvgIpc) is 3.45. The predicted molar refractivity (Wildman–Crippen MR) is 318 cm³/mol. The van der Waals surface area contributed by atoms with Crippen molar-refractivity contribution in [2.75, 3.05) is 164 Å². The molecule has 20 heteroatoms. The van der Waals surface area contributed by atoms with Crippen LogP contribution in [-0.4, -0.2) is 193 Å². The van der Waals surface area contributed by atoms with Crippen LogP contribution in [-0.2, 0) is 77.8 Å². The Morgan fingerprint density at radius 2 is 1.20 bits per heavy atom. The van der Waals surface area contributed by atoms with Gasteiger partial charge in [-0.15, -0.1) is 0 Å². The summed E-state index contributed by atoms with van der Waals surface area (Å²) in [4.78, 5) is 13.5. The molecule has 0 saturated carbocycles. The molecule has 1 atom stereocenters. The molecule has 2 aromatic carbocycles. The molecule has 82 heavy (non-hydrogen) atoms. The van der Waals surface area contributed by atoms with Crippen LogP contribution in [0.5, 0.6) is 0 Å². The summed E-state index contributed by atoms with van der Waals surface area (Å²) in [6.07, 6.45) is 15.8. The van der Waals surface area contributed by atoms with Crippen LogP contribution in [0.3, 0.4) is 0 Å². The van der Waals surface area contributed by atoms with E-state index >= 15 is 0 Å².